The molecule has 0 bridgehead atoms. The number of amides is 1. The van der Waals surface area contributed by atoms with Gasteiger partial charge in [-0.3, -0.25) is 4.99 Å². The summed E-state index contributed by atoms with van der Waals surface area (Å²) in [5.41, 5.74) is 0.605. The smallest absolute Gasteiger partial charge is 0.407 e. The third-order valence-electron chi connectivity index (χ3n) is 4.09. The number of carbonyl (C=O) groups is 1. The van der Waals surface area contributed by atoms with Crippen LogP contribution in [-0.2, 0) is 11.3 Å². The second-order valence-corrected chi connectivity index (χ2v) is 8.21. The van der Waals surface area contributed by atoms with Crippen LogP contribution in [0.25, 0.3) is 0 Å². The van der Waals surface area contributed by atoms with Gasteiger partial charge in [0.1, 0.15) is 11.4 Å². The molecule has 1 aromatic rings. The summed E-state index contributed by atoms with van der Waals surface area (Å²) in [6.07, 6.45) is 4.46. The van der Waals surface area contributed by atoms with E-state index in [0.29, 0.717) is 19.0 Å². The lowest BCUT2D eigenvalue weighted by Gasteiger charge is -2.24. The van der Waals surface area contributed by atoms with E-state index in [1.165, 1.54) is 0 Å². The number of carbonyl (C=O) groups excluding carboxylic acids is 1. The van der Waals surface area contributed by atoms with Crippen molar-refractivity contribution in [3.63, 3.8) is 0 Å². The normalized spacial score (nSPS) is 12.9. The molecule has 0 aliphatic carbocycles. The molecule has 0 saturated carbocycles. The van der Waals surface area contributed by atoms with E-state index in [1.54, 1.807) is 13.2 Å². The Morgan fingerprint density at radius 1 is 1.31 bits per heavy atom. The first-order valence-corrected chi connectivity index (χ1v) is 10.2. The quantitative estimate of drug-likeness (QED) is 0.431. The first-order chi connectivity index (χ1) is 13.6. The van der Waals surface area contributed by atoms with Crippen LogP contribution in [0.1, 0.15) is 52.5 Å². The van der Waals surface area contributed by atoms with Crippen molar-refractivity contribution in [3.05, 3.63) is 23.9 Å². The molecule has 29 heavy (non-hydrogen) atoms. The molecule has 0 spiro atoms. The number of pyridine rings is 1. The topological polar surface area (TPSA) is 90.9 Å². The van der Waals surface area contributed by atoms with Gasteiger partial charge >= 0.3 is 6.09 Å². The molecule has 1 unspecified atom stereocenters. The van der Waals surface area contributed by atoms with Crippen LogP contribution in [0.15, 0.2) is 23.3 Å². The van der Waals surface area contributed by atoms with Gasteiger partial charge in [0.15, 0.2) is 5.96 Å². The summed E-state index contributed by atoms with van der Waals surface area (Å²) in [5.74, 6) is 1.61. The van der Waals surface area contributed by atoms with Crippen LogP contribution in [0, 0.1) is 0 Å². The molecular formula is C21H38N6O2. The van der Waals surface area contributed by atoms with E-state index in [2.05, 4.69) is 32.9 Å². The van der Waals surface area contributed by atoms with Crippen molar-refractivity contribution in [2.24, 2.45) is 4.99 Å². The number of nitrogens with zero attached hydrogens (tertiary/aromatic N) is 3. The second-order valence-electron chi connectivity index (χ2n) is 8.21. The van der Waals surface area contributed by atoms with Crippen LogP contribution in [-0.4, -0.2) is 56.4 Å². The van der Waals surface area contributed by atoms with Gasteiger partial charge in [0.2, 0.25) is 0 Å². The van der Waals surface area contributed by atoms with Crippen molar-refractivity contribution in [1.82, 2.24) is 20.9 Å². The molecule has 3 N–H and O–H groups in total. The maximum absolute atomic E-state index is 12.0. The lowest BCUT2D eigenvalue weighted by molar-refractivity contribution is 0.0523. The molecule has 164 valence electrons. The van der Waals surface area contributed by atoms with E-state index in [4.69, 9.17) is 4.74 Å². The molecule has 1 amide bonds. The van der Waals surface area contributed by atoms with Gasteiger partial charge in [-0.1, -0.05) is 19.8 Å². The Morgan fingerprint density at radius 3 is 2.62 bits per heavy atom. The van der Waals surface area contributed by atoms with Crippen LogP contribution in [0.2, 0.25) is 0 Å². The SMILES string of the molecule is CCCCC(CNC(=O)OC(C)(C)C)NC(=NC)NCc1ccnc(N(C)C)c1. The highest BCUT2D eigenvalue weighted by Crippen LogP contribution is 2.09. The number of alkyl carbamates (subject to hydrolysis) is 1. The number of aromatic nitrogens is 1. The molecule has 0 aliphatic rings. The van der Waals surface area contributed by atoms with Gasteiger partial charge < -0.3 is 25.6 Å². The standard InChI is InChI=1S/C21H38N6O2/c1-8-9-10-17(15-25-20(28)29-21(2,3)4)26-19(22-5)24-14-16-11-12-23-18(13-16)27(6)7/h11-13,17H,8-10,14-15H2,1-7H3,(H,25,28)(H2,22,24,26). The van der Waals surface area contributed by atoms with Crippen molar-refractivity contribution in [3.8, 4) is 0 Å². The monoisotopic (exact) mass is 406 g/mol. The number of nitrogens with one attached hydrogen (secondary N) is 3. The number of aliphatic imine (C=N–C) groups is 1. The third kappa shape index (κ3) is 10.6. The van der Waals surface area contributed by atoms with Crippen LogP contribution in [0.5, 0.6) is 0 Å². The van der Waals surface area contributed by atoms with Crippen LogP contribution >= 0.6 is 0 Å². The van der Waals surface area contributed by atoms with Gasteiger partial charge in [0, 0.05) is 46.5 Å². The summed E-state index contributed by atoms with van der Waals surface area (Å²) in [7, 11) is 5.68. The van der Waals surface area contributed by atoms with E-state index in [0.717, 1.165) is 30.6 Å². The lowest BCUT2D eigenvalue weighted by atomic mass is 10.1. The minimum Gasteiger partial charge on any atom is -0.444 e. The van der Waals surface area contributed by atoms with E-state index in [9.17, 15) is 4.79 Å². The molecule has 0 fully saturated rings. The Hall–Kier alpha value is -2.51. The van der Waals surface area contributed by atoms with E-state index < -0.39 is 11.7 Å². The van der Waals surface area contributed by atoms with Gasteiger partial charge in [-0.15, -0.1) is 0 Å². The second kappa shape index (κ2) is 12.1. The maximum atomic E-state index is 12.0. The first kappa shape index (κ1) is 24.5. The zero-order chi connectivity index (χ0) is 21.9. The minimum atomic E-state index is -0.510. The largest absolute Gasteiger partial charge is 0.444 e. The third-order valence-corrected chi connectivity index (χ3v) is 4.09. The number of rotatable bonds is 9. The molecule has 1 heterocycles. The molecule has 0 aliphatic heterocycles. The molecule has 0 aromatic carbocycles. The fraction of sp³-hybridized carbons (Fsp3) is 0.667. The molecule has 1 aromatic heterocycles. The van der Waals surface area contributed by atoms with Crippen molar-refractivity contribution >= 4 is 17.9 Å². The summed E-state index contributed by atoms with van der Waals surface area (Å²) in [6, 6.07) is 4.08. The highest BCUT2D eigenvalue weighted by atomic mass is 16.6. The van der Waals surface area contributed by atoms with Crippen LogP contribution in [0.4, 0.5) is 10.6 Å². The number of ether oxygens (including phenoxy) is 1. The average molecular weight is 407 g/mol. The Labute approximate surface area is 175 Å². The number of guanidine groups is 1. The molecule has 1 atom stereocenters. The summed E-state index contributed by atoms with van der Waals surface area (Å²) < 4.78 is 5.33. The average Bonchev–Trinajstić information content (AvgIpc) is 2.65. The van der Waals surface area contributed by atoms with E-state index >= 15 is 0 Å². The summed E-state index contributed by atoms with van der Waals surface area (Å²) >= 11 is 0. The van der Waals surface area contributed by atoms with Gasteiger partial charge in [-0.05, 0) is 44.9 Å². The van der Waals surface area contributed by atoms with Crippen LogP contribution < -0.4 is 20.9 Å². The van der Waals surface area contributed by atoms with Crippen molar-refractivity contribution in [2.45, 2.75) is 65.1 Å². The number of unbranched alkanes of at least 4 members (excludes halogenated alkanes) is 1. The Morgan fingerprint density at radius 2 is 2.03 bits per heavy atom. The van der Waals surface area contributed by atoms with Crippen molar-refractivity contribution in [1.29, 1.82) is 0 Å². The molecule has 8 heteroatoms. The lowest BCUT2D eigenvalue weighted by Crippen LogP contribution is -2.48. The fourth-order valence-corrected chi connectivity index (χ4v) is 2.59. The van der Waals surface area contributed by atoms with Gasteiger partial charge in [0.05, 0.1) is 0 Å². The molecular weight excluding hydrogens is 368 g/mol. The maximum Gasteiger partial charge on any atom is 0.407 e. The molecule has 8 nitrogen and oxygen atoms in total. The molecule has 1 rings (SSSR count). The van der Waals surface area contributed by atoms with Crippen LogP contribution in [0.3, 0.4) is 0 Å². The summed E-state index contributed by atoms with van der Waals surface area (Å²) in [5, 5.41) is 9.59. The molecule has 0 saturated heterocycles. The summed E-state index contributed by atoms with van der Waals surface area (Å²) in [4.78, 5) is 22.6. The number of anilines is 1. The van der Waals surface area contributed by atoms with E-state index in [1.807, 2.05) is 51.9 Å². The van der Waals surface area contributed by atoms with Crippen molar-refractivity contribution in [2.75, 3.05) is 32.6 Å². The van der Waals surface area contributed by atoms with Gasteiger partial charge in [0.25, 0.3) is 0 Å². The first-order valence-electron chi connectivity index (χ1n) is 10.2. The van der Waals surface area contributed by atoms with Gasteiger partial charge in [-0.2, -0.15) is 0 Å². The number of hydrogen-bond acceptors (Lipinski definition) is 5. The Balaban J connectivity index is 2.63. The predicted octanol–water partition coefficient (Wildman–Crippen LogP) is 2.90. The molecule has 0 radical (unpaired) electrons. The Kier molecular flexibility index (Phi) is 10.3. The predicted molar refractivity (Wildman–Crippen MR) is 119 cm³/mol. The highest BCUT2D eigenvalue weighted by Gasteiger charge is 2.18. The zero-order valence-corrected chi connectivity index (χ0v) is 19.0. The van der Waals surface area contributed by atoms with Crippen molar-refractivity contribution < 1.29 is 9.53 Å². The Bertz CT molecular complexity index is 655. The highest BCUT2D eigenvalue weighted by molar-refractivity contribution is 5.80. The fourth-order valence-electron chi connectivity index (χ4n) is 2.59. The minimum absolute atomic E-state index is 0.0587. The zero-order valence-electron chi connectivity index (χ0n) is 19.0. The summed E-state index contributed by atoms with van der Waals surface area (Å²) in [6.45, 7) is 8.81. The van der Waals surface area contributed by atoms with Gasteiger partial charge in [-0.25, -0.2) is 9.78 Å². The number of hydrogen-bond donors (Lipinski definition) is 3. The van der Waals surface area contributed by atoms with E-state index in [-0.39, 0.29) is 6.04 Å².